The van der Waals surface area contributed by atoms with Crippen molar-refractivity contribution < 1.29 is 22.4 Å². The molecule has 124 valence electrons. The highest BCUT2D eigenvalue weighted by molar-refractivity contribution is 7.91. The third-order valence-electron chi connectivity index (χ3n) is 3.88. The number of hydrogen-bond donors (Lipinski definition) is 1. The maximum atomic E-state index is 12.1. The van der Waals surface area contributed by atoms with Crippen LogP contribution in [0.4, 0.5) is 0 Å². The summed E-state index contributed by atoms with van der Waals surface area (Å²) < 4.78 is 28.3. The molecule has 0 aromatic carbocycles. The second-order valence-electron chi connectivity index (χ2n) is 5.60. The third kappa shape index (κ3) is 3.61. The Labute approximate surface area is 133 Å². The quantitative estimate of drug-likeness (QED) is 0.834. The van der Waals surface area contributed by atoms with Gasteiger partial charge in [0.1, 0.15) is 11.5 Å². The molecular formula is C14H17N3O5S. The molecule has 0 aliphatic carbocycles. The first-order valence-electron chi connectivity index (χ1n) is 7.35. The summed E-state index contributed by atoms with van der Waals surface area (Å²) in [5, 5.41) is 7.96. The molecule has 2 aliphatic heterocycles. The number of nitrogens with zero attached hydrogens (tertiary/aromatic N) is 2. The molecule has 1 aromatic heterocycles. The van der Waals surface area contributed by atoms with Gasteiger partial charge in [0, 0.05) is 12.8 Å². The third-order valence-corrected chi connectivity index (χ3v) is 5.63. The van der Waals surface area contributed by atoms with Crippen LogP contribution in [0.5, 0.6) is 0 Å². The van der Waals surface area contributed by atoms with E-state index in [0.717, 1.165) is 0 Å². The smallest absolute Gasteiger partial charge is 0.267 e. The maximum absolute atomic E-state index is 12.1. The van der Waals surface area contributed by atoms with E-state index >= 15 is 0 Å². The molecule has 2 amide bonds. The van der Waals surface area contributed by atoms with Crippen LogP contribution >= 0.6 is 0 Å². The molecule has 3 rings (SSSR count). The highest BCUT2D eigenvalue weighted by atomic mass is 32.2. The van der Waals surface area contributed by atoms with Gasteiger partial charge in [-0.3, -0.25) is 9.59 Å². The van der Waals surface area contributed by atoms with E-state index in [1.165, 1.54) is 11.3 Å². The molecule has 8 nitrogen and oxygen atoms in total. The van der Waals surface area contributed by atoms with Gasteiger partial charge in [0.15, 0.2) is 9.84 Å². The van der Waals surface area contributed by atoms with Gasteiger partial charge in [-0.1, -0.05) is 0 Å². The molecule has 23 heavy (non-hydrogen) atoms. The first-order chi connectivity index (χ1) is 10.9. The zero-order valence-electron chi connectivity index (χ0n) is 12.4. The van der Waals surface area contributed by atoms with Gasteiger partial charge in [-0.2, -0.15) is 5.10 Å². The van der Waals surface area contributed by atoms with Gasteiger partial charge in [0.05, 0.1) is 30.4 Å². The summed E-state index contributed by atoms with van der Waals surface area (Å²) in [6.45, 7) is 0.233. The fraction of sp³-hybridized carbons (Fsp3) is 0.500. The van der Waals surface area contributed by atoms with Gasteiger partial charge in [0.25, 0.3) is 5.91 Å². The number of carbonyl (C=O) groups excluding carboxylic acids is 2. The van der Waals surface area contributed by atoms with E-state index in [1.54, 1.807) is 12.1 Å². The molecule has 0 saturated carbocycles. The molecule has 1 aromatic rings. The summed E-state index contributed by atoms with van der Waals surface area (Å²) in [5.74, 6) is -0.0421. The maximum Gasteiger partial charge on any atom is 0.267 e. The number of hydrazone groups is 1. The van der Waals surface area contributed by atoms with Crippen molar-refractivity contribution in [3.63, 3.8) is 0 Å². The van der Waals surface area contributed by atoms with E-state index in [4.69, 9.17) is 4.42 Å². The molecule has 3 heterocycles. The van der Waals surface area contributed by atoms with Crippen LogP contribution in [0.2, 0.25) is 0 Å². The minimum absolute atomic E-state index is 0.0526. The molecule has 1 fully saturated rings. The predicted molar refractivity (Wildman–Crippen MR) is 81.1 cm³/mol. The number of hydrogen-bond acceptors (Lipinski definition) is 6. The van der Waals surface area contributed by atoms with Crippen molar-refractivity contribution in [1.29, 1.82) is 0 Å². The van der Waals surface area contributed by atoms with E-state index in [9.17, 15) is 18.0 Å². The first-order valence-corrected chi connectivity index (χ1v) is 9.17. The minimum Gasteiger partial charge on any atom is -0.467 e. The SMILES string of the molecule is O=C(NCc1ccco1)C1=NN([C@@H]2CCS(=O)(=O)C2)C(=O)CC1. The van der Waals surface area contributed by atoms with Gasteiger partial charge in [-0.25, -0.2) is 13.4 Å². The predicted octanol–water partition coefficient (Wildman–Crippen LogP) is 0.0613. The lowest BCUT2D eigenvalue weighted by Gasteiger charge is -2.27. The average molecular weight is 339 g/mol. The van der Waals surface area contributed by atoms with Crippen molar-refractivity contribution in [3.05, 3.63) is 24.2 Å². The van der Waals surface area contributed by atoms with Crippen LogP contribution < -0.4 is 5.32 Å². The topological polar surface area (TPSA) is 109 Å². The van der Waals surface area contributed by atoms with E-state index < -0.39 is 15.9 Å². The molecule has 1 N–H and O–H groups in total. The Hall–Kier alpha value is -2.16. The Balaban J connectivity index is 1.68. The Morgan fingerprint density at radius 1 is 1.43 bits per heavy atom. The van der Waals surface area contributed by atoms with E-state index in [0.29, 0.717) is 12.2 Å². The number of nitrogens with one attached hydrogen (secondary N) is 1. The fourth-order valence-electron chi connectivity index (χ4n) is 2.67. The molecule has 9 heteroatoms. The molecule has 1 atom stereocenters. The molecule has 1 saturated heterocycles. The second kappa shape index (κ2) is 6.15. The van der Waals surface area contributed by atoms with Gasteiger partial charge >= 0.3 is 0 Å². The summed E-state index contributed by atoms with van der Waals surface area (Å²) in [6.07, 6.45) is 2.28. The Morgan fingerprint density at radius 2 is 2.26 bits per heavy atom. The van der Waals surface area contributed by atoms with Gasteiger partial charge < -0.3 is 9.73 Å². The number of carbonyl (C=O) groups is 2. The van der Waals surface area contributed by atoms with Crippen LogP contribution in [0, 0.1) is 0 Å². The fourth-order valence-corrected chi connectivity index (χ4v) is 4.36. The van der Waals surface area contributed by atoms with Crippen molar-refractivity contribution in [2.75, 3.05) is 11.5 Å². The van der Waals surface area contributed by atoms with Gasteiger partial charge in [-0.05, 0) is 18.6 Å². The summed E-state index contributed by atoms with van der Waals surface area (Å²) in [4.78, 5) is 24.1. The number of amides is 2. The van der Waals surface area contributed by atoms with Gasteiger partial charge in [-0.15, -0.1) is 0 Å². The molecule has 0 spiro atoms. The highest BCUT2D eigenvalue weighted by Crippen LogP contribution is 2.22. The van der Waals surface area contributed by atoms with Crippen LogP contribution in [-0.2, 0) is 26.0 Å². The Morgan fingerprint density at radius 3 is 2.91 bits per heavy atom. The van der Waals surface area contributed by atoms with Crippen LogP contribution in [0.1, 0.15) is 25.0 Å². The molecule has 0 radical (unpaired) electrons. The number of sulfone groups is 1. The van der Waals surface area contributed by atoms with E-state index in [-0.39, 0.29) is 48.4 Å². The molecule has 0 bridgehead atoms. The summed E-state index contributed by atoms with van der Waals surface area (Å²) in [5.41, 5.74) is 0.237. The number of rotatable bonds is 4. The van der Waals surface area contributed by atoms with E-state index in [1.807, 2.05) is 0 Å². The molecular weight excluding hydrogens is 322 g/mol. The monoisotopic (exact) mass is 339 g/mol. The molecule has 0 unspecified atom stereocenters. The first kappa shape index (κ1) is 15.7. The zero-order valence-corrected chi connectivity index (χ0v) is 13.2. The lowest BCUT2D eigenvalue weighted by Crippen LogP contribution is -2.43. The van der Waals surface area contributed by atoms with Crippen molar-refractivity contribution in [2.24, 2.45) is 5.10 Å². The average Bonchev–Trinajstić information content (AvgIpc) is 3.14. The summed E-state index contributed by atoms with van der Waals surface area (Å²) in [6, 6.07) is 2.99. The van der Waals surface area contributed by atoms with Crippen LogP contribution in [0.25, 0.3) is 0 Å². The van der Waals surface area contributed by atoms with Crippen molar-refractivity contribution in [1.82, 2.24) is 10.3 Å². The number of furan rings is 1. The second-order valence-corrected chi connectivity index (χ2v) is 7.83. The van der Waals surface area contributed by atoms with Crippen molar-refractivity contribution in [3.8, 4) is 0 Å². The van der Waals surface area contributed by atoms with Crippen molar-refractivity contribution >= 4 is 27.4 Å². The Bertz CT molecular complexity index is 738. The van der Waals surface area contributed by atoms with E-state index in [2.05, 4.69) is 10.4 Å². The van der Waals surface area contributed by atoms with Gasteiger partial charge in [0.2, 0.25) is 5.91 Å². The lowest BCUT2D eigenvalue weighted by atomic mass is 10.1. The van der Waals surface area contributed by atoms with Crippen molar-refractivity contribution in [2.45, 2.75) is 31.8 Å². The summed E-state index contributed by atoms with van der Waals surface area (Å²) in [7, 11) is -3.12. The van der Waals surface area contributed by atoms with Crippen LogP contribution in [0.15, 0.2) is 27.9 Å². The summed E-state index contributed by atoms with van der Waals surface area (Å²) >= 11 is 0. The Kier molecular flexibility index (Phi) is 4.20. The highest BCUT2D eigenvalue weighted by Gasteiger charge is 2.37. The normalized spacial score (nSPS) is 23.7. The standard InChI is InChI=1S/C14H17N3O5S/c18-13-4-3-12(14(19)15-8-11-2-1-6-22-11)16-17(13)10-5-7-23(20,21)9-10/h1-2,6,10H,3-5,7-9H2,(H,15,19)/t10-/m1/s1. The lowest BCUT2D eigenvalue weighted by molar-refractivity contribution is -0.133. The van der Waals surface area contributed by atoms with Crippen LogP contribution in [-0.4, -0.2) is 48.5 Å². The zero-order chi connectivity index (χ0) is 16.4. The largest absolute Gasteiger partial charge is 0.467 e. The molecule has 2 aliphatic rings. The minimum atomic E-state index is -3.12. The van der Waals surface area contributed by atoms with Crippen LogP contribution in [0.3, 0.4) is 0 Å².